The van der Waals surface area contributed by atoms with Gasteiger partial charge in [0.1, 0.15) is 11.4 Å². The first kappa shape index (κ1) is 21.2. The van der Waals surface area contributed by atoms with E-state index in [1.165, 1.54) is 4.90 Å². The number of aliphatic carboxylic acids is 1. The van der Waals surface area contributed by atoms with Gasteiger partial charge in [0, 0.05) is 30.8 Å². The average molecular weight is 430 g/mol. The van der Waals surface area contributed by atoms with E-state index in [9.17, 15) is 14.7 Å². The number of hydrogen-bond acceptors (Lipinski definition) is 6. The van der Waals surface area contributed by atoms with E-state index in [1.54, 1.807) is 11.8 Å². The lowest BCUT2D eigenvalue weighted by atomic mass is 9.93. The SMILES string of the molecule is CC1(C)SC2C(N=CN3CCC(CC4=NCCN4)CC3)C(=O)N2[C@H]1C(=O)O.Cl. The van der Waals surface area contributed by atoms with E-state index >= 15 is 0 Å². The number of carboxylic acid groups (broad SMARTS) is 1. The van der Waals surface area contributed by atoms with E-state index in [1.807, 2.05) is 20.2 Å². The van der Waals surface area contributed by atoms with Gasteiger partial charge in [0.2, 0.25) is 0 Å². The Hall–Kier alpha value is -1.48. The number of rotatable bonds is 5. The monoisotopic (exact) mass is 429 g/mol. The van der Waals surface area contributed by atoms with Crippen LogP contribution in [0.2, 0.25) is 0 Å². The minimum absolute atomic E-state index is 0. The molecule has 4 heterocycles. The third kappa shape index (κ3) is 3.83. The molecule has 0 aromatic heterocycles. The predicted octanol–water partition coefficient (Wildman–Crippen LogP) is 1.06. The number of nitrogens with zero attached hydrogens (tertiary/aromatic N) is 4. The summed E-state index contributed by atoms with van der Waals surface area (Å²) >= 11 is 1.54. The molecule has 3 saturated heterocycles. The highest BCUT2D eigenvalue weighted by atomic mass is 35.5. The Bertz CT molecular complexity index is 693. The molecule has 0 spiro atoms. The maximum atomic E-state index is 12.5. The molecule has 3 fully saturated rings. The number of aliphatic imine (C=N–C) groups is 2. The second-order valence-electron chi connectivity index (χ2n) is 8.25. The number of β-lactam (4-membered cyclic amide) rings is 1. The summed E-state index contributed by atoms with van der Waals surface area (Å²) in [6.07, 6.45) is 5.04. The molecule has 2 unspecified atom stereocenters. The summed E-state index contributed by atoms with van der Waals surface area (Å²) in [5.41, 5.74) is 0. The zero-order valence-electron chi connectivity index (χ0n) is 16.2. The molecule has 0 aromatic carbocycles. The minimum Gasteiger partial charge on any atom is -0.480 e. The van der Waals surface area contributed by atoms with Crippen molar-refractivity contribution >= 4 is 48.2 Å². The largest absolute Gasteiger partial charge is 0.480 e. The second kappa shape index (κ2) is 8.10. The number of fused-ring (bicyclic) bond motifs is 1. The van der Waals surface area contributed by atoms with Gasteiger partial charge in [0.25, 0.3) is 5.91 Å². The summed E-state index contributed by atoms with van der Waals surface area (Å²) in [5.74, 6) is 0.703. The van der Waals surface area contributed by atoms with Gasteiger partial charge in [-0.15, -0.1) is 24.2 Å². The molecule has 1 amide bonds. The third-order valence-corrected chi connectivity index (χ3v) is 7.47. The number of carbonyl (C=O) groups excluding carboxylic acids is 1. The Morgan fingerprint density at radius 2 is 2.14 bits per heavy atom. The molecule has 0 aromatic rings. The van der Waals surface area contributed by atoms with E-state index in [2.05, 4.69) is 20.2 Å². The van der Waals surface area contributed by atoms with Gasteiger partial charge >= 0.3 is 5.97 Å². The Labute approximate surface area is 175 Å². The van der Waals surface area contributed by atoms with Crippen LogP contribution in [0.15, 0.2) is 9.98 Å². The number of likely N-dealkylation sites (tertiary alicyclic amines) is 1. The van der Waals surface area contributed by atoms with Crippen molar-refractivity contribution in [1.82, 2.24) is 15.1 Å². The molecule has 28 heavy (non-hydrogen) atoms. The van der Waals surface area contributed by atoms with E-state index in [0.717, 1.165) is 51.3 Å². The van der Waals surface area contributed by atoms with Gasteiger partial charge in [-0.3, -0.25) is 14.8 Å². The van der Waals surface area contributed by atoms with Crippen LogP contribution in [0, 0.1) is 5.92 Å². The lowest BCUT2D eigenvalue weighted by molar-refractivity contribution is -0.158. The molecular formula is C18H28ClN5O3S. The Balaban J connectivity index is 0.00000225. The first-order chi connectivity index (χ1) is 12.9. The van der Waals surface area contributed by atoms with Gasteiger partial charge in [-0.1, -0.05) is 0 Å². The summed E-state index contributed by atoms with van der Waals surface area (Å²) in [6, 6.07) is -1.22. The van der Waals surface area contributed by atoms with E-state index in [0.29, 0.717) is 5.92 Å². The highest BCUT2D eigenvalue weighted by Crippen LogP contribution is 2.51. The molecule has 0 bridgehead atoms. The number of carbonyl (C=O) groups is 2. The number of amides is 1. The van der Waals surface area contributed by atoms with Crippen LogP contribution in [0.4, 0.5) is 0 Å². The number of amidine groups is 1. The van der Waals surface area contributed by atoms with Crippen LogP contribution in [0.3, 0.4) is 0 Å². The third-order valence-electron chi connectivity index (χ3n) is 5.91. The molecule has 0 saturated carbocycles. The van der Waals surface area contributed by atoms with Crippen molar-refractivity contribution in [3.63, 3.8) is 0 Å². The van der Waals surface area contributed by atoms with Crippen molar-refractivity contribution in [2.24, 2.45) is 15.9 Å². The fourth-order valence-corrected chi connectivity index (χ4v) is 6.05. The van der Waals surface area contributed by atoms with Gasteiger partial charge in [0.15, 0.2) is 6.04 Å². The van der Waals surface area contributed by atoms with Crippen LogP contribution in [0.1, 0.15) is 33.1 Å². The summed E-state index contributed by atoms with van der Waals surface area (Å²) in [6.45, 7) is 7.51. The van der Waals surface area contributed by atoms with Crippen LogP contribution < -0.4 is 5.32 Å². The first-order valence-corrected chi connectivity index (χ1v) is 10.5. The molecule has 0 radical (unpaired) electrons. The summed E-state index contributed by atoms with van der Waals surface area (Å²) < 4.78 is -0.494. The van der Waals surface area contributed by atoms with Gasteiger partial charge in [0.05, 0.1) is 18.7 Å². The average Bonchev–Trinajstić information content (AvgIpc) is 3.20. The number of nitrogens with one attached hydrogen (secondary N) is 1. The Kier molecular flexibility index (Phi) is 6.14. The lowest BCUT2D eigenvalue weighted by Gasteiger charge is -2.41. The van der Waals surface area contributed by atoms with Crippen molar-refractivity contribution in [3.05, 3.63) is 0 Å². The van der Waals surface area contributed by atoms with Crippen molar-refractivity contribution in [1.29, 1.82) is 0 Å². The van der Waals surface area contributed by atoms with Crippen LogP contribution >= 0.6 is 24.2 Å². The van der Waals surface area contributed by atoms with Crippen molar-refractivity contribution < 1.29 is 14.7 Å². The number of thioether (sulfide) groups is 1. The van der Waals surface area contributed by atoms with Crippen molar-refractivity contribution in [3.8, 4) is 0 Å². The quantitative estimate of drug-likeness (QED) is 0.385. The molecular weight excluding hydrogens is 402 g/mol. The normalized spacial score (nSPS) is 31.9. The van der Waals surface area contributed by atoms with Crippen molar-refractivity contribution in [2.75, 3.05) is 26.2 Å². The van der Waals surface area contributed by atoms with Crippen LogP contribution in [0.5, 0.6) is 0 Å². The van der Waals surface area contributed by atoms with Crippen LogP contribution in [-0.2, 0) is 9.59 Å². The maximum absolute atomic E-state index is 12.5. The predicted molar refractivity (Wildman–Crippen MR) is 112 cm³/mol. The first-order valence-electron chi connectivity index (χ1n) is 9.64. The molecule has 3 atom stereocenters. The van der Waals surface area contributed by atoms with Gasteiger partial charge < -0.3 is 20.2 Å². The van der Waals surface area contributed by atoms with Crippen LogP contribution in [-0.4, -0.2) is 87.3 Å². The highest BCUT2D eigenvalue weighted by molar-refractivity contribution is 8.01. The Morgan fingerprint density at radius 1 is 1.43 bits per heavy atom. The van der Waals surface area contributed by atoms with Crippen LogP contribution in [0.25, 0.3) is 0 Å². The molecule has 8 nitrogen and oxygen atoms in total. The molecule has 2 N–H and O–H groups in total. The standard InChI is InChI=1S/C18H27N5O3S.ClH/c1-18(2)14(17(25)26)23-15(24)13(16(23)27-18)21-10-22-7-3-11(4-8-22)9-12-19-5-6-20-12;/h10-11,13-14,16H,3-9H2,1-2H3,(H,19,20)(H,25,26);1H/t13?,14-,16?;/m0./s1. The topological polar surface area (TPSA) is 97.6 Å². The summed E-state index contributed by atoms with van der Waals surface area (Å²) in [4.78, 5) is 36.7. The minimum atomic E-state index is -0.936. The molecule has 4 aliphatic rings. The van der Waals surface area contributed by atoms with Gasteiger partial charge in [-0.2, -0.15) is 0 Å². The zero-order chi connectivity index (χ0) is 19.2. The number of hydrogen-bond donors (Lipinski definition) is 2. The van der Waals surface area contributed by atoms with E-state index in [4.69, 9.17) is 0 Å². The van der Waals surface area contributed by atoms with Gasteiger partial charge in [-0.25, -0.2) is 4.79 Å². The maximum Gasteiger partial charge on any atom is 0.327 e. The summed E-state index contributed by atoms with van der Waals surface area (Å²) in [5, 5.41) is 12.6. The van der Waals surface area contributed by atoms with Gasteiger partial charge in [-0.05, 0) is 32.6 Å². The molecule has 0 aliphatic carbocycles. The summed E-state index contributed by atoms with van der Waals surface area (Å²) in [7, 11) is 0. The fraction of sp³-hybridized carbons (Fsp3) is 0.778. The molecule has 10 heteroatoms. The van der Waals surface area contributed by atoms with E-state index < -0.39 is 22.8 Å². The molecule has 156 valence electrons. The number of halogens is 1. The second-order valence-corrected chi connectivity index (χ2v) is 10.0. The smallest absolute Gasteiger partial charge is 0.327 e. The molecule has 4 aliphatic heterocycles. The lowest BCUT2D eigenvalue weighted by Crippen LogP contribution is -2.65. The van der Waals surface area contributed by atoms with E-state index in [-0.39, 0.29) is 23.7 Å². The fourth-order valence-electron chi connectivity index (χ4n) is 4.43. The number of carboxylic acids is 1. The zero-order valence-corrected chi connectivity index (χ0v) is 17.8. The Morgan fingerprint density at radius 3 is 2.75 bits per heavy atom. The van der Waals surface area contributed by atoms with Crippen molar-refractivity contribution in [2.45, 2.75) is 55.3 Å². The highest BCUT2D eigenvalue weighted by Gasteiger charge is 2.63. The molecule has 4 rings (SSSR count). The number of piperidine rings is 1.